The number of ketones is 2. The molecule has 0 bridgehead atoms. The minimum Gasteiger partial charge on any atom is -0.355 e. The van der Waals surface area contributed by atoms with E-state index in [9.17, 15) is 9.59 Å². The first kappa shape index (κ1) is 18.2. The van der Waals surface area contributed by atoms with Crippen molar-refractivity contribution in [2.24, 2.45) is 0 Å². The second-order valence-corrected chi connectivity index (χ2v) is 8.67. The predicted octanol–water partition coefficient (Wildman–Crippen LogP) is 4.46. The highest BCUT2D eigenvalue weighted by Crippen LogP contribution is 2.41. The lowest BCUT2D eigenvalue weighted by molar-refractivity contribution is 0.101. The van der Waals surface area contributed by atoms with E-state index in [1.165, 1.54) is 18.7 Å². The van der Waals surface area contributed by atoms with E-state index >= 15 is 0 Å². The van der Waals surface area contributed by atoms with Crippen LogP contribution in [0.2, 0.25) is 0 Å². The summed E-state index contributed by atoms with van der Waals surface area (Å²) < 4.78 is 2.16. The summed E-state index contributed by atoms with van der Waals surface area (Å²) >= 11 is 3.05. The van der Waals surface area contributed by atoms with Crippen molar-refractivity contribution >= 4 is 34.7 Å². The van der Waals surface area contributed by atoms with Gasteiger partial charge in [0.2, 0.25) is 0 Å². The molecular weight excluding hydrogens is 380 g/mol. The van der Waals surface area contributed by atoms with Crippen LogP contribution in [0, 0.1) is 13.8 Å². The van der Waals surface area contributed by atoms with Crippen molar-refractivity contribution in [2.75, 3.05) is 5.75 Å². The molecule has 1 aliphatic carbocycles. The van der Waals surface area contributed by atoms with E-state index < -0.39 is 0 Å². The van der Waals surface area contributed by atoms with Gasteiger partial charge in [0, 0.05) is 17.3 Å². The first-order valence-corrected chi connectivity index (χ1v) is 10.7. The highest BCUT2D eigenvalue weighted by atomic mass is 32.2. The third kappa shape index (κ3) is 3.39. The summed E-state index contributed by atoms with van der Waals surface area (Å²) in [7, 11) is 0. The average Bonchev–Trinajstić information content (AvgIpc) is 3.05. The maximum atomic E-state index is 12.7. The molecule has 1 N–H and O–H groups in total. The topological polar surface area (TPSA) is 80.6 Å². The van der Waals surface area contributed by atoms with E-state index in [1.54, 1.807) is 11.3 Å². The predicted molar refractivity (Wildman–Crippen MR) is 107 cm³/mol. The minimum absolute atomic E-state index is 0.0259. The molecule has 0 unspecified atom stereocenters. The number of hydrogen-bond donors (Lipinski definition) is 1. The number of carbonyl (C=O) groups is 2. The van der Waals surface area contributed by atoms with Crippen LogP contribution >= 0.6 is 23.1 Å². The summed E-state index contributed by atoms with van der Waals surface area (Å²) in [4.78, 5) is 28.7. The molecule has 140 valence electrons. The fraction of sp³-hybridized carbons (Fsp3) is 0.368. The largest absolute Gasteiger partial charge is 0.355 e. The summed E-state index contributed by atoms with van der Waals surface area (Å²) in [6.07, 6.45) is 2.24. The van der Waals surface area contributed by atoms with Gasteiger partial charge in [-0.05, 0) is 50.6 Å². The van der Waals surface area contributed by atoms with Crippen molar-refractivity contribution in [1.82, 2.24) is 19.7 Å². The molecule has 0 radical (unpaired) electrons. The number of rotatable bonds is 7. The summed E-state index contributed by atoms with van der Waals surface area (Å²) in [5.74, 6) is 1.08. The SMILES string of the molecule is CC(=O)c1c(C)[nH]c(C(=O)CSc2nnc(-c3cccs3)n2C2CC2)c1C. The van der Waals surface area contributed by atoms with Gasteiger partial charge in [-0.3, -0.25) is 14.2 Å². The highest BCUT2D eigenvalue weighted by molar-refractivity contribution is 7.99. The van der Waals surface area contributed by atoms with Crippen LogP contribution in [0.25, 0.3) is 10.7 Å². The number of aromatic nitrogens is 4. The van der Waals surface area contributed by atoms with Crippen molar-refractivity contribution in [2.45, 2.75) is 44.8 Å². The number of aryl methyl sites for hydroxylation is 1. The van der Waals surface area contributed by atoms with E-state index in [1.807, 2.05) is 31.4 Å². The molecule has 0 amide bonds. The van der Waals surface area contributed by atoms with Crippen molar-refractivity contribution in [3.63, 3.8) is 0 Å². The van der Waals surface area contributed by atoms with Gasteiger partial charge in [-0.2, -0.15) is 0 Å². The Morgan fingerprint density at radius 1 is 1.33 bits per heavy atom. The summed E-state index contributed by atoms with van der Waals surface area (Å²) in [5, 5.41) is 11.5. The minimum atomic E-state index is -0.0314. The fourth-order valence-corrected chi connectivity index (χ4v) is 4.95. The Kier molecular flexibility index (Phi) is 4.77. The number of carbonyl (C=O) groups excluding carboxylic acids is 2. The third-order valence-corrected chi connectivity index (χ3v) is 6.53. The average molecular weight is 401 g/mol. The van der Waals surface area contributed by atoms with Crippen LogP contribution in [0.1, 0.15) is 57.9 Å². The number of nitrogens with one attached hydrogen (secondary N) is 1. The van der Waals surface area contributed by atoms with E-state index in [4.69, 9.17) is 0 Å². The van der Waals surface area contributed by atoms with Gasteiger partial charge in [0.25, 0.3) is 0 Å². The Morgan fingerprint density at radius 2 is 2.11 bits per heavy atom. The maximum Gasteiger partial charge on any atom is 0.192 e. The van der Waals surface area contributed by atoms with Gasteiger partial charge in [-0.15, -0.1) is 21.5 Å². The lowest BCUT2D eigenvalue weighted by atomic mass is 10.1. The quantitative estimate of drug-likeness (QED) is 0.468. The Hall–Kier alpha value is -2.19. The second-order valence-electron chi connectivity index (χ2n) is 6.78. The van der Waals surface area contributed by atoms with Crippen LogP contribution < -0.4 is 0 Å². The molecule has 1 aliphatic rings. The molecular formula is C19H20N4O2S2. The smallest absolute Gasteiger partial charge is 0.192 e. The van der Waals surface area contributed by atoms with E-state index in [0.29, 0.717) is 17.3 Å². The molecule has 3 heterocycles. The molecule has 0 aliphatic heterocycles. The Balaban J connectivity index is 1.55. The van der Waals surface area contributed by atoms with Crippen LogP contribution in [0.15, 0.2) is 22.7 Å². The molecule has 0 saturated heterocycles. The molecule has 0 atom stereocenters. The van der Waals surface area contributed by atoms with Crippen LogP contribution in [0.3, 0.4) is 0 Å². The lowest BCUT2D eigenvalue weighted by Gasteiger charge is -2.07. The molecule has 4 rings (SSSR count). The van der Waals surface area contributed by atoms with Gasteiger partial charge in [-0.25, -0.2) is 0 Å². The van der Waals surface area contributed by atoms with Gasteiger partial charge in [0.05, 0.1) is 16.3 Å². The number of nitrogens with zero attached hydrogens (tertiary/aromatic N) is 3. The molecule has 1 fully saturated rings. The van der Waals surface area contributed by atoms with E-state index in [0.717, 1.165) is 40.0 Å². The van der Waals surface area contributed by atoms with Gasteiger partial charge >= 0.3 is 0 Å². The van der Waals surface area contributed by atoms with Gasteiger partial charge < -0.3 is 4.98 Å². The van der Waals surface area contributed by atoms with Crippen LogP contribution in [-0.2, 0) is 0 Å². The number of H-pyrrole nitrogens is 1. The van der Waals surface area contributed by atoms with Crippen molar-refractivity contribution < 1.29 is 9.59 Å². The molecule has 8 heteroatoms. The monoisotopic (exact) mass is 400 g/mol. The number of thiophene rings is 1. The van der Waals surface area contributed by atoms with E-state index in [-0.39, 0.29) is 17.3 Å². The zero-order valence-corrected chi connectivity index (χ0v) is 17.0. The number of hydrogen-bond acceptors (Lipinski definition) is 6. The molecule has 1 saturated carbocycles. The zero-order valence-electron chi connectivity index (χ0n) is 15.4. The lowest BCUT2D eigenvalue weighted by Crippen LogP contribution is -2.07. The van der Waals surface area contributed by atoms with Crippen molar-refractivity contribution in [1.29, 1.82) is 0 Å². The van der Waals surface area contributed by atoms with Crippen LogP contribution in [-0.4, -0.2) is 37.1 Å². The van der Waals surface area contributed by atoms with Crippen LogP contribution in [0.5, 0.6) is 0 Å². The molecule has 0 aromatic carbocycles. The Bertz CT molecular complexity index is 1010. The highest BCUT2D eigenvalue weighted by Gasteiger charge is 2.31. The molecule has 3 aromatic heterocycles. The summed E-state index contributed by atoms with van der Waals surface area (Å²) in [6, 6.07) is 4.47. The van der Waals surface area contributed by atoms with Crippen molar-refractivity contribution in [3.8, 4) is 10.7 Å². The zero-order chi connectivity index (χ0) is 19.1. The number of aromatic amines is 1. The molecule has 6 nitrogen and oxygen atoms in total. The first-order valence-electron chi connectivity index (χ1n) is 8.82. The van der Waals surface area contributed by atoms with Gasteiger partial charge in [0.1, 0.15) is 0 Å². The van der Waals surface area contributed by atoms with Crippen LogP contribution in [0.4, 0.5) is 0 Å². The maximum absolute atomic E-state index is 12.7. The summed E-state index contributed by atoms with van der Waals surface area (Å²) in [6.45, 7) is 5.17. The standard InChI is InChI=1S/C19H20N4O2S2/c1-10-16(12(3)24)11(2)20-17(10)14(25)9-27-19-22-21-18(15-5-4-8-26-15)23(19)13-6-7-13/h4-5,8,13,20H,6-7,9H2,1-3H3. The Labute approximate surface area is 165 Å². The number of thioether (sulfide) groups is 1. The molecule has 3 aromatic rings. The molecule has 0 spiro atoms. The van der Waals surface area contributed by atoms with Gasteiger partial charge in [-0.1, -0.05) is 17.8 Å². The van der Waals surface area contributed by atoms with Gasteiger partial charge in [0.15, 0.2) is 22.5 Å². The molecule has 27 heavy (non-hydrogen) atoms. The van der Waals surface area contributed by atoms with Crippen molar-refractivity contribution in [3.05, 3.63) is 40.0 Å². The third-order valence-electron chi connectivity index (χ3n) is 4.72. The second kappa shape index (κ2) is 7.09. The number of Topliss-reactive ketones (excluding diaryl/α,β-unsaturated/α-hetero) is 2. The fourth-order valence-electron chi connectivity index (χ4n) is 3.37. The normalized spacial score (nSPS) is 13.9. The Morgan fingerprint density at radius 3 is 2.70 bits per heavy atom. The van der Waals surface area contributed by atoms with E-state index in [2.05, 4.69) is 19.7 Å². The summed E-state index contributed by atoms with van der Waals surface area (Å²) in [5.41, 5.74) is 2.61. The first-order chi connectivity index (χ1) is 13.0.